The summed E-state index contributed by atoms with van der Waals surface area (Å²) in [6, 6.07) is 15.8. The highest BCUT2D eigenvalue weighted by Crippen LogP contribution is 2.33. The van der Waals surface area contributed by atoms with Gasteiger partial charge in [0.15, 0.2) is 10.8 Å². The van der Waals surface area contributed by atoms with E-state index >= 15 is 0 Å². The number of halogens is 1. The number of aromatic nitrogens is 3. The highest BCUT2D eigenvalue weighted by atomic mass is 32.1. The largest absolute Gasteiger partial charge is 0.344 e. The van der Waals surface area contributed by atoms with E-state index < -0.39 is 5.82 Å². The maximum atomic E-state index is 13.4. The first-order valence-corrected chi connectivity index (χ1v) is 10.6. The fraction of sp³-hybridized carbons (Fsp3) is 0.227. The summed E-state index contributed by atoms with van der Waals surface area (Å²) in [6.07, 6.45) is 0. The van der Waals surface area contributed by atoms with Gasteiger partial charge in [-0.05, 0) is 37.3 Å². The van der Waals surface area contributed by atoms with Gasteiger partial charge in [-0.2, -0.15) is 10.1 Å². The lowest BCUT2D eigenvalue weighted by Crippen LogP contribution is -2.48. The molecule has 0 bridgehead atoms. The van der Waals surface area contributed by atoms with Crippen LogP contribution in [0.3, 0.4) is 0 Å². The molecule has 1 aliphatic heterocycles. The number of hydrogen-bond acceptors (Lipinski definition) is 5. The lowest BCUT2D eigenvalue weighted by Gasteiger charge is -2.34. The first-order valence-electron chi connectivity index (χ1n) is 9.81. The summed E-state index contributed by atoms with van der Waals surface area (Å²) < 4.78 is 16.4. The van der Waals surface area contributed by atoms with E-state index in [0.717, 1.165) is 26.9 Å². The van der Waals surface area contributed by atoms with Gasteiger partial charge < -0.3 is 9.80 Å². The van der Waals surface area contributed by atoms with Gasteiger partial charge in [0.05, 0.1) is 16.1 Å². The minimum atomic E-state index is -0.392. The Morgan fingerprint density at radius 3 is 2.53 bits per heavy atom. The Bertz CT molecular complexity index is 1210. The number of piperazine rings is 1. The zero-order valence-corrected chi connectivity index (χ0v) is 17.3. The molecule has 1 amide bonds. The van der Waals surface area contributed by atoms with E-state index in [9.17, 15) is 9.18 Å². The maximum absolute atomic E-state index is 13.4. The molecule has 152 valence electrons. The summed E-state index contributed by atoms with van der Waals surface area (Å²) in [6.45, 7) is 4.54. The van der Waals surface area contributed by atoms with Crippen LogP contribution < -0.4 is 4.90 Å². The van der Waals surface area contributed by atoms with Crippen molar-refractivity contribution in [2.75, 3.05) is 31.1 Å². The van der Waals surface area contributed by atoms with E-state index in [1.165, 1.54) is 12.1 Å². The van der Waals surface area contributed by atoms with E-state index in [1.807, 2.05) is 41.9 Å². The fourth-order valence-corrected chi connectivity index (χ4v) is 4.75. The average Bonchev–Trinajstić information content (AvgIpc) is 3.35. The predicted molar refractivity (Wildman–Crippen MR) is 116 cm³/mol. The van der Waals surface area contributed by atoms with Crippen molar-refractivity contribution in [3.63, 3.8) is 0 Å². The Hall–Kier alpha value is -3.26. The Kier molecular flexibility index (Phi) is 4.71. The molecule has 2 aromatic carbocycles. The molecule has 4 aromatic rings. The zero-order valence-electron chi connectivity index (χ0n) is 16.5. The third-order valence-corrected chi connectivity index (χ3v) is 6.50. The van der Waals surface area contributed by atoms with Gasteiger partial charge in [0, 0.05) is 31.7 Å². The number of para-hydroxylation sites is 1. The molecule has 0 spiro atoms. The van der Waals surface area contributed by atoms with E-state index in [-0.39, 0.29) is 5.91 Å². The first-order chi connectivity index (χ1) is 14.6. The molecule has 1 aliphatic rings. The lowest BCUT2D eigenvalue weighted by atomic mass is 10.2. The Morgan fingerprint density at radius 2 is 1.80 bits per heavy atom. The lowest BCUT2D eigenvalue weighted by molar-refractivity contribution is 0.0746. The van der Waals surface area contributed by atoms with Crippen LogP contribution in [0.1, 0.15) is 16.1 Å². The number of rotatable bonds is 3. The topological polar surface area (TPSA) is 54.3 Å². The number of thiazole rings is 1. The summed E-state index contributed by atoms with van der Waals surface area (Å²) in [5.41, 5.74) is 3.19. The molecule has 1 fully saturated rings. The van der Waals surface area contributed by atoms with Crippen LogP contribution >= 0.6 is 11.3 Å². The predicted octanol–water partition coefficient (Wildman–Crippen LogP) is 3.89. The van der Waals surface area contributed by atoms with Crippen molar-refractivity contribution in [2.45, 2.75) is 6.92 Å². The van der Waals surface area contributed by atoms with Gasteiger partial charge in [0.25, 0.3) is 5.91 Å². The number of carbonyl (C=O) groups excluding carboxylic acids is 1. The van der Waals surface area contributed by atoms with Crippen LogP contribution in [-0.4, -0.2) is 51.8 Å². The molecule has 5 rings (SSSR count). The van der Waals surface area contributed by atoms with Gasteiger partial charge in [-0.25, -0.2) is 9.07 Å². The number of benzene rings is 2. The summed E-state index contributed by atoms with van der Waals surface area (Å²) in [5.74, 6) is -0.522. The van der Waals surface area contributed by atoms with Crippen LogP contribution in [-0.2, 0) is 0 Å². The van der Waals surface area contributed by atoms with Crippen molar-refractivity contribution in [1.82, 2.24) is 19.7 Å². The van der Waals surface area contributed by atoms with E-state index in [0.29, 0.717) is 31.7 Å². The van der Waals surface area contributed by atoms with Crippen LogP contribution in [0, 0.1) is 12.7 Å². The fourth-order valence-electron chi connectivity index (χ4n) is 3.71. The highest BCUT2D eigenvalue weighted by molar-refractivity contribution is 7.22. The molecule has 0 atom stereocenters. The summed E-state index contributed by atoms with van der Waals surface area (Å²) in [7, 11) is 0. The number of carbonyl (C=O) groups is 1. The quantitative estimate of drug-likeness (QED) is 0.504. The second-order valence-corrected chi connectivity index (χ2v) is 8.25. The Balaban J connectivity index is 1.35. The first kappa shape index (κ1) is 18.7. The summed E-state index contributed by atoms with van der Waals surface area (Å²) >= 11 is 1.63. The van der Waals surface area contributed by atoms with Gasteiger partial charge in [0.2, 0.25) is 0 Å². The molecular weight excluding hydrogens is 401 g/mol. The number of aryl methyl sites for hydroxylation is 1. The van der Waals surface area contributed by atoms with Crippen molar-refractivity contribution in [3.05, 3.63) is 71.7 Å². The van der Waals surface area contributed by atoms with E-state index in [4.69, 9.17) is 4.98 Å². The molecule has 0 aliphatic carbocycles. The standard InChI is InChI=1S/C22H20FN5OS/c1-15-19-20(28(25-15)18-8-3-2-4-9-18)24-22(30-19)27-12-10-26(11-13-27)21(29)16-6-5-7-17(23)14-16/h2-9,14H,10-13H2,1H3. The van der Waals surface area contributed by atoms with Crippen LogP contribution in [0.2, 0.25) is 0 Å². The van der Waals surface area contributed by atoms with Crippen LogP contribution in [0.5, 0.6) is 0 Å². The van der Waals surface area contributed by atoms with Crippen molar-refractivity contribution >= 4 is 32.7 Å². The van der Waals surface area contributed by atoms with Crippen LogP contribution in [0.25, 0.3) is 16.0 Å². The molecule has 2 aromatic heterocycles. The minimum absolute atomic E-state index is 0.131. The molecule has 1 saturated heterocycles. The molecule has 3 heterocycles. The second-order valence-electron chi connectivity index (χ2n) is 7.27. The van der Waals surface area contributed by atoms with Crippen molar-refractivity contribution in [3.8, 4) is 5.69 Å². The summed E-state index contributed by atoms with van der Waals surface area (Å²) in [5, 5.41) is 5.58. The molecule has 6 nitrogen and oxygen atoms in total. The number of anilines is 1. The highest BCUT2D eigenvalue weighted by Gasteiger charge is 2.25. The third-order valence-electron chi connectivity index (χ3n) is 5.29. The molecule has 0 unspecified atom stereocenters. The van der Waals surface area contributed by atoms with Crippen LogP contribution in [0.15, 0.2) is 54.6 Å². The Morgan fingerprint density at radius 1 is 1.03 bits per heavy atom. The van der Waals surface area contributed by atoms with Crippen molar-refractivity contribution in [2.24, 2.45) is 0 Å². The summed E-state index contributed by atoms with van der Waals surface area (Å²) in [4.78, 5) is 21.5. The number of fused-ring (bicyclic) bond motifs is 1. The second kappa shape index (κ2) is 7.53. The van der Waals surface area contributed by atoms with Crippen LogP contribution in [0.4, 0.5) is 9.52 Å². The van der Waals surface area contributed by atoms with Gasteiger partial charge in [-0.15, -0.1) is 0 Å². The smallest absolute Gasteiger partial charge is 0.254 e. The number of hydrogen-bond donors (Lipinski definition) is 0. The SMILES string of the molecule is Cc1nn(-c2ccccc2)c2nc(N3CCN(C(=O)c4cccc(F)c4)CC3)sc12. The number of amides is 1. The normalized spacial score (nSPS) is 14.5. The molecular formula is C22H20FN5OS. The molecule has 30 heavy (non-hydrogen) atoms. The maximum Gasteiger partial charge on any atom is 0.254 e. The zero-order chi connectivity index (χ0) is 20.7. The Labute approximate surface area is 177 Å². The molecule has 8 heteroatoms. The van der Waals surface area contributed by atoms with Gasteiger partial charge in [0.1, 0.15) is 5.82 Å². The van der Waals surface area contributed by atoms with E-state index in [1.54, 1.807) is 28.4 Å². The van der Waals surface area contributed by atoms with Gasteiger partial charge in [-0.1, -0.05) is 35.6 Å². The van der Waals surface area contributed by atoms with Gasteiger partial charge in [-0.3, -0.25) is 4.79 Å². The van der Waals surface area contributed by atoms with E-state index in [2.05, 4.69) is 10.00 Å². The molecule has 0 radical (unpaired) electrons. The van der Waals surface area contributed by atoms with Gasteiger partial charge >= 0.3 is 0 Å². The molecule has 0 N–H and O–H groups in total. The van der Waals surface area contributed by atoms with Crippen molar-refractivity contribution < 1.29 is 9.18 Å². The third kappa shape index (κ3) is 3.33. The van der Waals surface area contributed by atoms with Crippen molar-refractivity contribution in [1.29, 1.82) is 0 Å². The monoisotopic (exact) mass is 421 g/mol. The number of nitrogens with zero attached hydrogens (tertiary/aromatic N) is 5. The average molecular weight is 422 g/mol. The molecule has 0 saturated carbocycles. The minimum Gasteiger partial charge on any atom is -0.344 e.